The fourth-order valence-corrected chi connectivity index (χ4v) is 4.53. The van der Waals surface area contributed by atoms with E-state index in [1.807, 2.05) is 6.21 Å². The molecule has 1 unspecified atom stereocenters. The summed E-state index contributed by atoms with van der Waals surface area (Å²) in [4.78, 5) is 7.37. The number of anilines is 1. The number of benzene rings is 2. The number of aliphatic imine (C=N–C) groups is 1. The van der Waals surface area contributed by atoms with Crippen molar-refractivity contribution in [3.8, 4) is 0 Å². The fourth-order valence-electron chi connectivity index (χ4n) is 4.53. The molecule has 1 aliphatic heterocycles. The van der Waals surface area contributed by atoms with Gasteiger partial charge in [-0.05, 0) is 92.0 Å². The Morgan fingerprint density at radius 2 is 1.86 bits per heavy atom. The minimum absolute atomic E-state index is 0.211. The van der Waals surface area contributed by atoms with E-state index in [-0.39, 0.29) is 5.54 Å². The molecule has 0 amide bonds. The van der Waals surface area contributed by atoms with E-state index in [0.717, 1.165) is 12.2 Å². The van der Waals surface area contributed by atoms with E-state index >= 15 is 0 Å². The molecule has 0 fully saturated rings. The molecule has 28 heavy (non-hydrogen) atoms. The van der Waals surface area contributed by atoms with Gasteiger partial charge in [0.1, 0.15) is 0 Å². The largest absolute Gasteiger partial charge is 0.366 e. The van der Waals surface area contributed by atoms with Crippen molar-refractivity contribution in [1.29, 1.82) is 0 Å². The summed E-state index contributed by atoms with van der Waals surface area (Å²) in [5, 5.41) is 0. The Morgan fingerprint density at radius 3 is 2.46 bits per heavy atom. The first-order valence-corrected chi connectivity index (χ1v) is 10.8. The zero-order valence-corrected chi connectivity index (χ0v) is 18.7. The van der Waals surface area contributed by atoms with Crippen molar-refractivity contribution < 1.29 is 0 Å². The van der Waals surface area contributed by atoms with E-state index in [1.54, 1.807) is 0 Å². The smallest absolute Gasteiger partial charge is 0.0630 e. The van der Waals surface area contributed by atoms with Crippen molar-refractivity contribution in [2.24, 2.45) is 4.99 Å². The number of hydrogen-bond donors (Lipinski definition) is 0. The van der Waals surface area contributed by atoms with Gasteiger partial charge in [0.2, 0.25) is 0 Å². The molecule has 0 aromatic heterocycles. The first kappa shape index (κ1) is 20.6. The maximum atomic E-state index is 4.76. The Bertz CT molecular complexity index is 843. The van der Waals surface area contributed by atoms with E-state index in [0.29, 0.717) is 11.8 Å². The highest BCUT2D eigenvalue weighted by Crippen LogP contribution is 2.44. The standard InChI is InChI=1S/C26H36N2/c1-8-13-28-25-14-19(4)22(15-24(25)20(5)16-26(28,6)7)17-27-23-11-9-21(10-12-23)18(2)3/h9-12,14-15,17-18,20H,8,13,16H2,1-7H3. The summed E-state index contributed by atoms with van der Waals surface area (Å²) >= 11 is 0. The lowest BCUT2D eigenvalue weighted by molar-refractivity contribution is 0.376. The highest BCUT2D eigenvalue weighted by Gasteiger charge is 2.36. The van der Waals surface area contributed by atoms with Gasteiger partial charge in [-0.15, -0.1) is 0 Å². The third-order valence-electron chi connectivity index (χ3n) is 6.13. The van der Waals surface area contributed by atoms with E-state index in [1.165, 1.54) is 40.8 Å². The Labute approximate surface area is 171 Å². The Morgan fingerprint density at radius 1 is 1.18 bits per heavy atom. The number of aryl methyl sites for hydroxylation is 1. The van der Waals surface area contributed by atoms with Gasteiger partial charge in [0.25, 0.3) is 0 Å². The van der Waals surface area contributed by atoms with Crippen LogP contribution >= 0.6 is 0 Å². The quantitative estimate of drug-likeness (QED) is 0.497. The summed E-state index contributed by atoms with van der Waals surface area (Å²) in [7, 11) is 0. The number of rotatable bonds is 5. The lowest BCUT2D eigenvalue weighted by Crippen LogP contribution is -2.48. The molecule has 2 aromatic carbocycles. The van der Waals surface area contributed by atoms with Gasteiger partial charge in [-0.3, -0.25) is 4.99 Å². The van der Waals surface area contributed by atoms with Crippen LogP contribution in [0.4, 0.5) is 11.4 Å². The summed E-state index contributed by atoms with van der Waals surface area (Å²) in [6.45, 7) is 17.2. The van der Waals surface area contributed by atoms with Crippen LogP contribution in [0, 0.1) is 6.92 Å². The molecule has 3 rings (SSSR count). The SMILES string of the molecule is CCCN1c2cc(C)c(C=Nc3ccc(C(C)C)cc3)cc2C(C)CC1(C)C. The first-order valence-electron chi connectivity index (χ1n) is 10.8. The summed E-state index contributed by atoms with van der Waals surface area (Å²) < 4.78 is 0. The Kier molecular flexibility index (Phi) is 5.98. The second-order valence-corrected chi connectivity index (χ2v) is 9.34. The van der Waals surface area contributed by atoms with Crippen molar-refractivity contribution in [1.82, 2.24) is 0 Å². The van der Waals surface area contributed by atoms with Gasteiger partial charge in [0.15, 0.2) is 0 Å². The molecule has 0 saturated heterocycles. The molecule has 0 saturated carbocycles. The van der Waals surface area contributed by atoms with Crippen molar-refractivity contribution in [3.05, 3.63) is 58.7 Å². The molecule has 0 radical (unpaired) electrons. The maximum Gasteiger partial charge on any atom is 0.0630 e. The molecule has 150 valence electrons. The molecule has 0 N–H and O–H groups in total. The molecule has 2 heteroatoms. The van der Waals surface area contributed by atoms with Crippen LogP contribution in [0.2, 0.25) is 0 Å². The second kappa shape index (κ2) is 8.11. The predicted octanol–water partition coefficient (Wildman–Crippen LogP) is 7.37. The minimum atomic E-state index is 0.211. The predicted molar refractivity (Wildman–Crippen MR) is 124 cm³/mol. The number of nitrogens with zero attached hydrogens (tertiary/aromatic N) is 2. The average Bonchev–Trinajstić information content (AvgIpc) is 2.63. The van der Waals surface area contributed by atoms with Crippen molar-refractivity contribution >= 4 is 17.6 Å². The molecule has 0 spiro atoms. The first-order chi connectivity index (χ1) is 13.2. The van der Waals surface area contributed by atoms with Crippen LogP contribution in [0.15, 0.2) is 41.4 Å². The molecular formula is C26H36N2. The lowest BCUT2D eigenvalue weighted by Gasteiger charge is -2.48. The Hall–Kier alpha value is -2.09. The van der Waals surface area contributed by atoms with Crippen LogP contribution in [0.25, 0.3) is 0 Å². The highest BCUT2D eigenvalue weighted by atomic mass is 15.2. The van der Waals surface area contributed by atoms with Gasteiger partial charge in [0, 0.05) is 24.0 Å². The topological polar surface area (TPSA) is 15.6 Å². The van der Waals surface area contributed by atoms with Gasteiger partial charge in [-0.1, -0.05) is 39.8 Å². The van der Waals surface area contributed by atoms with Gasteiger partial charge in [-0.2, -0.15) is 0 Å². The summed E-state index contributed by atoms with van der Waals surface area (Å²) in [5.41, 5.74) is 8.00. The highest BCUT2D eigenvalue weighted by molar-refractivity contribution is 5.86. The van der Waals surface area contributed by atoms with Gasteiger partial charge < -0.3 is 4.90 Å². The second-order valence-electron chi connectivity index (χ2n) is 9.34. The van der Waals surface area contributed by atoms with Crippen molar-refractivity contribution in [2.45, 2.75) is 78.7 Å². The molecular weight excluding hydrogens is 340 g/mol. The van der Waals surface area contributed by atoms with Crippen LogP contribution in [-0.4, -0.2) is 18.3 Å². The van der Waals surface area contributed by atoms with E-state index in [2.05, 4.69) is 89.8 Å². The van der Waals surface area contributed by atoms with Crippen molar-refractivity contribution in [3.63, 3.8) is 0 Å². The molecule has 0 bridgehead atoms. The monoisotopic (exact) mass is 376 g/mol. The van der Waals surface area contributed by atoms with Crippen LogP contribution < -0.4 is 4.90 Å². The summed E-state index contributed by atoms with van der Waals surface area (Å²) in [6, 6.07) is 13.4. The van der Waals surface area contributed by atoms with Crippen molar-refractivity contribution in [2.75, 3.05) is 11.4 Å². The molecule has 0 aliphatic carbocycles. The number of hydrogen-bond acceptors (Lipinski definition) is 2. The summed E-state index contributed by atoms with van der Waals surface area (Å²) in [5.74, 6) is 1.12. The normalized spacial score (nSPS) is 18.7. The van der Waals surface area contributed by atoms with Crippen LogP contribution in [0.1, 0.15) is 88.5 Å². The van der Waals surface area contributed by atoms with Gasteiger partial charge in [0.05, 0.1) is 5.69 Å². The van der Waals surface area contributed by atoms with E-state index in [4.69, 9.17) is 4.99 Å². The maximum absolute atomic E-state index is 4.76. The summed E-state index contributed by atoms with van der Waals surface area (Å²) in [6.07, 6.45) is 4.40. The van der Waals surface area contributed by atoms with E-state index in [9.17, 15) is 0 Å². The minimum Gasteiger partial charge on any atom is -0.366 e. The molecule has 2 aromatic rings. The van der Waals surface area contributed by atoms with Crippen LogP contribution in [-0.2, 0) is 0 Å². The fraction of sp³-hybridized carbons (Fsp3) is 0.500. The molecule has 1 heterocycles. The van der Waals surface area contributed by atoms with Gasteiger partial charge in [-0.25, -0.2) is 0 Å². The van der Waals surface area contributed by atoms with Crippen LogP contribution in [0.5, 0.6) is 0 Å². The van der Waals surface area contributed by atoms with Gasteiger partial charge >= 0.3 is 0 Å². The average molecular weight is 377 g/mol. The Balaban J connectivity index is 1.93. The zero-order chi connectivity index (χ0) is 20.5. The number of fused-ring (bicyclic) bond motifs is 1. The lowest BCUT2D eigenvalue weighted by atomic mass is 9.79. The molecule has 1 atom stereocenters. The molecule has 1 aliphatic rings. The molecule has 2 nitrogen and oxygen atoms in total. The van der Waals surface area contributed by atoms with E-state index < -0.39 is 0 Å². The third kappa shape index (κ3) is 4.16. The van der Waals surface area contributed by atoms with Crippen LogP contribution in [0.3, 0.4) is 0 Å². The zero-order valence-electron chi connectivity index (χ0n) is 18.7. The third-order valence-corrected chi connectivity index (χ3v) is 6.13.